The molecule has 0 unspecified atom stereocenters. The molecule has 68 heavy (non-hydrogen) atoms. The fraction of sp³-hybridized carbons (Fsp3) is 0.422. The van der Waals surface area contributed by atoms with E-state index in [-0.39, 0.29) is 25.0 Å². The molecule has 0 saturated heterocycles. The van der Waals surface area contributed by atoms with Crippen LogP contribution >= 0.6 is 0 Å². The average Bonchev–Trinajstić information content (AvgIpc) is 3.95. The van der Waals surface area contributed by atoms with Gasteiger partial charge in [0.2, 0.25) is 41.4 Å². The Bertz CT molecular complexity index is 2430. The molecule has 0 aliphatic rings. The second-order valence-corrected chi connectivity index (χ2v) is 17.0. The lowest BCUT2D eigenvalue weighted by molar-refractivity contribution is -0.142. The molecule has 23 nitrogen and oxygen atoms in total. The number of rotatable bonds is 26. The van der Waals surface area contributed by atoms with Crippen molar-refractivity contribution >= 4 is 64.2 Å². The van der Waals surface area contributed by atoms with Crippen molar-refractivity contribution in [3.63, 3.8) is 0 Å². The Morgan fingerprint density at radius 1 is 0.721 bits per heavy atom. The Morgan fingerprint density at radius 2 is 1.31 bits per heavy atom. The van der Waals surface area contributed by atoms with Gasteiger partial charge in [-0.2, -0.15) is 0 Å². The molecule has 2 heterocycles. The van der Waals surface area contributed by atoms with Crippen molar-refractivity contribution in [1.29, 1.82) is 0 Å². The number of aromatic amines is 2. The van der Waals surface area contributed by atoms with E-state index in [1.165, 1.54) is 50.6 Å². The van der Waals surface area contributed by atoms with Gasteiger partial charge in [-0.3, -0.25) is 38.4 Å². The Hall–Kier alpha value is -7.82. The number of carbonyl (C=O) groups excluding carboxylic acids is 7. The van der Waals surface area contributed by atoms with Gasteiger partial charge in [-0.25, -0.2) is 9.78 Å². The standard InChI is InChI=1S/C45H59N11O12/c1-5-23(2)37(42(65)53-31(16-24-10-12-27(57)13-11-24)39(62)54-34(43(66)67)18-26-21-48-22-50-26)56-38(61)30(14-15-35(46)58)51-40(63)32(17-25-20-49-29-9-7-6-8-28(25)29)52-41(64)33(19-36(59)60)55-44(68)45(3,4)47/h6-13,20-23,30-34,37,49,57H,5,14-19,47H2,1-4H3,(H2,46,58)(H,48,50)(H,51,63)(H,52,64)(H,53,65)(H,54,62)(H,55,68)(H,56,61)(H,59,60)(H,66,67)/t23-,30-,31-,32-,33-,34-,37-/m0/s1. The number of hydrogen-bond acceptors (Lipinski definition) is 12. The van der Waals surface area contributed by atoms with Crippen LogP contribution in [0.2, 0.25) is 0 Å². The number of carboxylic acid groups (broad SMARTS) is 2. The van der Waals surface area contributed by atoms with Gasteiger partial charge in [0, 0.05) is 54.7 Å². The zero-order valence-electron chi connectivity index (χ0n) is 38.0. The topological polar surface area (TPSA) is 383 Å². The average molecular weight is 946 g/mol. The predicted molar refractivity (Wildman–Crippen MR) is 244 cm³/mol. The minimum atomic E-state index is -1.70. The third-order valence-electron chi connectivity index (χ3n) is 11.0. The zero-order valence-corrected chi connectivity index (χ0v) is 38.0. The van der Waals surface area contributed by atoms with Crippen LogP contribution in [-0.2, 0) is 62.4 Å². The van der Waals surface area contributed by atoms with E-state index in [1.807, 2.05) is 0 Å². The molecule has 15 N–H and O–H groups in total. The van der Waals surface area contributed by atoms with Crippen molar-refractivity contribution in [3.05, 3.63) is 84.1 Å². The largest absolute Gasteiger partial charge is 0.508 e. The summed E-state index contributed by atoms with van der Waals surface area (Å²) >= 11 is 0. The maximum Gasteiger partial charge on any atom is 0.326 e. The molecule has 0 aliphatic heterocycles. The number of fused-ring (bicyclic) bond motifs is 1. The van der Waals surface area contributed by atoms with Crippen molar-refractivity contribution in [2.24, 2.45) is 17.4 Å². The highest BCUT2D eigenvalue weighted by Gasteiger charge is 2.36. The predicted octanol–water partition coefficient (Wildman–Crippen LogP) is -0.858. The number of hydrogen-bond donors (Lipinski definition) is 13. The number of aliphatic carboxylic acids is 2. The van der Waals surface area contributed by atoms with Crippen molar-refractivity contribution in [2.75, 3.05) is 0 Å². The monoisotopic (exact) mass is 945 g/mol. The number of nitrogens with one attached hydrogen (secondary N) is 8. The minimum Gasteiger partial charge on any atom is -0.508 e. The van der Waals surface area contributed by atoms with E-state index in [0.717, 1.165) is 0 Å². The molecular weight excluding hydrogens is 887 g/mol. The molecule has 0 fully saturated rings. The van der Waals surface area contributed by atoms with E-state index in [1.54, 1.807) is 44.3 Å². The van der Waals surface area contributed by atoms with Crippen molar-refractivity contribution in [3.8, 4) is 5.75 Å². The molecule has 4 aromatic rings. The number of phenols is 1. The van der Waals surface area contributed by atoms with Gasteiger partial charge in [0.15, 0.2) is 0 Å². The highest BCUT2D eigenvalue weighted by atomic mass is 16.4. The maximum absolute atomic E-state index is 14.3. The van der Waals surface area contributed by atoms with Gasteiger partial charge in [-0.1, -0.05) is 50.6 Å². The number of para-hydroxylation sites is 1. The van der Waals surface area contributed by atoms with E-state index >= 15 is 0 Å². The number of H-pyrrole nitrogens is 2. The summed E-state index contributed by atoms with van der Waals surface area (Å²) in [6.45, 7) is 6.04. The summed E-state index contributed by atoms with van der Waals surface area (Å²) < 4.78 is 0. The number of nitrogens with zero attached hydrogens (tertiary/aromatic N) is 1. The molecule has 7 amide bonds. The molecule has 2 aromatic carbocycles. The first kappa shape index (κ1) is 52.8. The number of nitrogens with two attached hydrogens (primary N) is 2. The molecular formula is C45H59N11O12. The molecule has 0 saturated carbocycles. The SMILES string of the molecule is CC[C@H](C)[C@H](NC(=O)[C@H](CCC(N)=O)NC(=O)[C@H](Cc1c[nH]c2ccccc12)NC(=O)[C@H](CC(=O)O)NC(=O)C(C)(C)N)C(=O)N[C@@H](Cc1ccc(O)cc1)C(=O)N[C@@H](Cc1cnc[nH]1)C(=O)O. The fourth-order valence-corrected chi connectivity index (χ4v) is 6.94. The summed E-state index contributed by atoms with van der Waals surface area (Å²) in [5.41, 5.74) is 11.9. The van der Waals surface area contributed by atoms with Crippen LogP contribution in [-0.4, -0.2) is 125 Å². The molecule has 0 aliphatic carbocycles. The summed E-state index contributed by atoms with van der Waals surface area (Å²) in [6, 6.07) is 3.65. The Labute approximate surface area is 390 Å². The Morgan fingerprint density at radius 3 is 1.90 bits per heavy atom. The van der Waals surface area contributed by atoms with Gasteiger partial charge in [0.25, 0.3) is 0 Å². The first-order valence-corrected chi connectivity index (χ1v) is 21.7. The van der Waals surface area contributed by atoms with Gasteiger partial charge in [0.1, 0.15) is 42.0 Å². The number of aromatic hydroxyl groups is 1. The first-order chi connectivity index (χ1) is 32.1. The molecule has 366 valence electrons. The summed E-state index contributed by atoms with van der Waals surface area (Å²) in [5, 5.41) is 45.1. The molecule has 23 heteroatoms. The van der Waals surface area contributed by atoms with Gasteiger partial charge >= 0.3 is 11.9 Å². The molecule has 0 radical (unpaired) electrons. The van der Waals surface area contributed by atoms with E-state index in [0.29, 0.717) is 34.1 Å². The van der Waals surface area contributed by atoms with Crippen molar-refractivity contribution in [2.45, 2.75) is 114 Å². The Balaban J connectivity index is 1.64. The van der Waals surface area contributed by atoms with Crippen LogP contribution < -0.4 is 43.4 Å². The lowest BCUT2D eigenvalue weighted by Gasteiger charge is -2.29. The fourth-order valence-electron chi connectivity index (χ4n) is 6.94. The van der Waals surface area contributed by atoms with Gasteiger partial charge in [-0.15, -0.1) is 0 Å². The van der Waals surface area contributed by atoms with Crippen molar-refractivity contribution < 1.29 is 58.5 Å². The molecule has 4 rings (SSSR count). The zero-order chi connectivity index (χ0) is 50.3. The van der Waals surface area contributed by atoms with E-state index in [2.05, 4.69) is 46.9 Å². The summed E-state index contributed by atoms with van der Waals surface area (Å²) in [4.78, 5) is 129. The summed E-state index contributed by atoms with van der Waals surface area (Å²) in [7, 11) is 0. The van der Waals surface area contributed by atoms with Crippen LogP contribution in [0.25, 0.3) is 10.9 Å². The normalized spacial score (nSPS) is 14.4. The van der Waals surface area contributed by atoms with Gasteiger partial charge in [0.05, 0.1) is 18.3 Å². The minimum absolute atomic E-state index is 0.0732. The van der Waals surface area contributed by atoms with Gasteiger partial charge in [-0.05, 0) is 55.5 Å². The second-order valence-electron chi connectivity index (χ2n) is 17.0. The number of amides is 7. The first-order valence-electron chi connectivity index (χ1n) is 21.7. The smallest absolute Gasteiger partial charge is 0.326 e. The number of phenolic OH excluding ortho intramolecular Hbond substituents is 1. The molecule has 0 spiro atoms. The third-order valence-corrected chi connectivity index (χ3v) is 11.0. The van der Waals surface area contributed by atoms with Crippen LogP contribution in [0.1, 0.15) is 70.2 Å². The maximum atomic E-state index is 14.3. The molecule has 7 atom stereocenters. The van der Waals surface area contributed by atoms with E-state index in [9.17, 15) is 58.5 Å². The van der Waals surface area contributed by atoms with Gasteiger partial charge < -0.3 is 68.7 Å². The quantitative estimate of drug-likeness (QED) is 0.0365. The summed E-state index contributed by atoms with van der Waals surface area (Å²) in [5.74, 6) is -10.0. The van der Waals surface area contributed by atoms with Crippen LogP contribution in [0.4, 0.5) is 0 Å². The second kappa shape index (κ2) is 24.1. The highest BCUT2D eigenvalue weighted by molar-refractivity contribution is 5.99. The van der Waals surface area contributed by atoms with Crippen LogP contribution in [0.5, 0.6) is 5.75 Å². The van der Waals surface area contributed by atoms with E-state index in [4.69, 9.17) is 11.5 Å². The van der Waals surface area contributed by atoms with E-state index < -0.39 is 120 Å². The van der Waals surface area contributed by atoms with Crippen LogP contribution in [0, 0.1) is 5.92 Å². The lowest BCUT2D eigenvalue weighted by Crippen LogP contribution is -2.61. The summed E-state index contributed by atoms with van der Waals surface area (Å²) in [6.07, 6.45) is 2.32. The van der Waals surface area contributed by atoms with Crippen LogP contribution in [0.3, 0.4) is 0 Å². The number of carbonyl (C=O) groups is 9. The number of carboxylic acids is 2. The number of primary amides is 1. The van der Waals surface area contributed by atoms with Crippen LogP contribution in [0.15, 0.2) is 67.3 Å². The Kier molecular flexibility index (Phi) is 18.7. The number of benzene rings is 2. The van der Waals surface area contributed by atoms with Crippen molar-refractivity contribution in [1.82, 2.24) is 46.9 Å². The number of aromatic nitrogens is 3. The lowest BCUT2D eigenvalue weighted by atomic mass is 9.96. The molecule has 0 bridgehead atoms. The number of imidazole rings is 1. The third kappa shape index (κ3) is 15.7. The molecule has 2 aromatic heterocycles. The highest BCUT2D eigenvalue weighted by Crippen LogP contribution is 2.20.